The van der Waals surface area contributed by atoms with E-state index in [0.717, 1.165) is 6.07 Å². The molecule has 0 saturated heterocycles. The number of hydrogen-bond donors (Lipinski definition) is 2. The maximum Gasteiger partial charge on any atom is 0.271 e. The fourth-order valence-corrected chi connectivity index (χ4v) is 2.46. The van der Waals surface area contributed by atoms with Crippen LogP contribution in [-0.2, 0) is 7.05 Å². The summed E-state index contributed by atoms with van der Waals surface area (Å²) in [6.45, 7) is 0. The summed E-state index contributed by atoms with van der Waals surface area (Å²) in [4.78, 5) is 22.7. The minimum Gasteiger partial charge on any atom is -0.508 e. The van der Waals surface area contributed by atoms with E-state index in [4.69, 9.17) is 0 Å². The van der Waals surface area contributed by atoms with Gasteiger partial charge in [-0.05, 0) is 6.07 Å². The molecule has 106 valence electrons. The molecule has 7 nitrogen and oxygen atoms in total. The zero-order valence-electron chi connectivity index (χ0n) is 10.9. The fourth-order valence-electron chi connectivity index (χ4n) is 2.46. The van der Waals surface area contributed by atoms with Crippen LogP contribution in [0.25, 0.3) is 21.8 Å². The van der Waals surface area contributed by atoms with Gasteiger partial charge in [-0.2, -0.15) is 0 Å². The summed E-state index contributed by atoms with van der Waals surface area (Å²) in [6, 6.07) is 6.31. The van der Waals surface area contributed by atoms with Crippen molar-refractivity contribution in [3.8, 4) is 11.5 Å². The normalized spacial score (nSPS) is 11.1. The van der Waals surface area contributed by atoms with Crippen LogP contribution in [0.2, 0.25) is 0 Å². The number of rotatable bonds is 1. The molecule has 0 saturated carbocycles. The fraction of sp³-hybridized carbons (Fsp3) is 0.0714. The Morgan fingerprint density at radius 1 is 1.14 bits per heavy atom. The summed E-state index contributed by atoms with van der Waals surface area (Å²) < 4.78 is 1.53. The van der Waals surface area contributed by atoms with Crippen molar-refractivity contribution in [1.82, 2.24) is 4.57 Å². The van der Waals surface area contributed by atoms with Gasteiger partial charge in [0.1, 0.15) is 11.5 Å². The topological polar surface area (TPSA) is 106 Å². The molecule has 1 aromatic heterocycles. The number of non-ortho nitro benzene ring substituents is 1. The Hall–Kier alpha value is -3.09. The molecule has 0 spiro atoms. The molecule has 3 rings (SSSR count). The highest BCUT2D eigenvalue weighted by molar-refractivity contribution is 5.97. The third-order valence-corrected chi connectivity index (χ3v) is 3.47. The first-order chi connectivity index (χ1) is 9.90. The maximum absolute atomic E-state index is 12.4. The van der Waals surface area contributed by atoms with Gasteiger partial charge in [0.15, 0.2) is 0 Å². The Morgan fingerprint density at radius 2 is 1.86 bits per heavy atom. The first kappa shape index (κ1) is 12.9. The highest BCUT2D eigenvalue weighted by Gasteiger charge is 2.16. The molecule has 2 aromatic carbocycles. The van der Waals surface area contributed by atoms with Gasteiger partial charge in [-0.3, -0.25) is 14.9 Å². The van der Waals surface area contributed by atoms with Crippen molar-refractivity contribution in [1.29, 1.82) is 0 Å². The van der Waals surface area contributed by atoms with Crippen LogP contribution in [0.3, 0.4) is 0 Å². The summed E-state index contributed by atoms with van der Waals surface area (Å²) >= 11 is 0. The molecule has 0 aliphatic rings. The minimum atomic E-state index is -0.548. The SMILES string of the molecule is Cn1c2cc([N+](=O)[O-])ccc2c(=O)c2c(O)cc(O)cc21. The smallest absolute Gasteiger partial charge is 0.271 e. The molecule has 0 radical (unpaired) electrons. The van der Waals surface area contributed by atoms with E-state index in [1.165, 1.54) is 28.8 Å². The van der Waals surface area contributed by atoms with Crippen LogP contribution in [0.1, 0.15) is 0 Å². The number of aryl methyl sites for hydroxylation is 1. The molecule has 0 bridgehead atoms. The Kier molecular flexibility index (Phi) is 2.59. The van der Waals surface area contributed by atoms with E-state index in [1.54, 1.807) is 7.05 Å². The first-order valence-corrected chi connectivity index (χ1v) is 6.03. The lowest BCUT2D eigenvalue weighted by Crippen LogP contribution is -2.09. The molecule has 0 unspecified atom stereocenters. The standard InChI is InChI=1S/C14H10N2O5/c1-15-10-4-7(16(20)21)2-3-9(10)14(19)13-11(15)5-8(17)6-12(13)18/h2-6,17-18H,1H3. The summed E-state index contributed by atoms with van der Waals surface area (Å²) in [5.74, 6) is -0.523. The molecule has 7 heteroatoms. The van der Waals surface area contributed by atoms with E-state index >= 15 is 0 Å². The van der Waals surface area contributed by atoms with Gasteiger partial charge < -0.3 is 14.8 Å². The van der Waals surface area contributed by atoms with Crippen molar-refractivity contribution in [3.05, 3.63) is 50.7 Å². The first-order valence-electron chi connectivity index (χ1n) is 6.03. The second-order valence-corrected chi connectivity index (χ2v) is 4.71. The van der Waals surface area contributed by atoms with Crippen LogP contribution in [0.15, 0.2) is 35.1 Å². The van der Waals surface area contributed by atoms with Crippen LogP contribution in [-0.4, -0.2) is 19.7 Å². The predicted molar refractivity (Wildman–Crippen MR) is 76.7 cm³/mol. The number of phenolic OH excluding ortho intramolecular Hbond substituents is 2. The number of aromatic hydroxyl groups is 2. The van der Waals surface area contributed by atoms with Gasteiger partial charge in [-0.15, -0.1) is 0 Å². The lowest BCUT2D eigenvalue weighted by Gasteiger charge is -2.11. The average molecular weight is 286 g/mol. The molecule has 3 aromatic rings. The Morgan fingerprint density at radius 3 is 2.52 bits per heavy atom. The van der Waals surface area contributed by atoms with E-state index in [-0.39, 0.29) is 28.0 Å². The summed E-state index contributed by atoms with van der Waals surface area (Å²) in [5.41, 5.74) is 0.0731. The van der Waals surface area contributed by atoms with Crippen LogP contribution in [0.4, 0.5) is 5.69 Å². The molecule has 1 heterocycles. The molecular weight excluding hydrogens is 276 g/mol. The van der Waals surface area contributed by atoms with Gasteiger partial charge in [-0.25, -0.2) is 0 Å². The largest absolute Gasteiger partial charge is 0.508 e. The quantitative estimate of drug-likeness (QED) is 0.404. The Bertz CT molecular complexity index is 975. The number of pyridine rings is 1. The number of fused-ring (bicyclic) bond motifs is 2. The minimum absolute atomic E-state index is 0.0663. The van der Waals surface area contributed by atoms with E-state index < -0.39 is 10.4 Å². The lowest BCUT2D eigenvalue weighted by molar-refractivity contribution is -0.384. The van der Waals surface area contributed by atoms with Gasteiger partial charge in [-0.1, -0.05) is 0 Å². The number of benzene rings is 2. The third-order valence-electron chi connectivity index (χ3n) is 3.47. The average Bonchev–Trinajstić information content (AvgIpc) is 2.43. The molecule has 21 heavy (non-hydrogen) atoms. The van der Waals surface area contributed by atoms with Crippen molar-refractivity contribution in [2.45, 2.75) is 0 Å². The van der Waals surface area contributed by atoms with Crippen molar-refractivity contribution < 1.29 is 15.1 Å². The summed E-state index contributed by atoms with van der Waals surface area (Å²) in [6.07, 6.45) is 0. The van der Waals surface area contributed by atoms with Gasteiger partial charge in [0, 0.05) is 36.7 Å². The maximum atomic E-state index is 12.4. The van der Waals surface area contributed by atoms with Gasteiger partial charge in [0.05, 0.1) is 21.3 Å². The molecule has 0 aliphatic heterocycles. The zero-order chi connectivity index (χ0) is 15.3. The van der Waals surface area contributed by atoms with E-state index in [1.807, 2.05) is 0 Å². The van der Waals surface area contributed by atoms with Crippen LogP contribution < -0.4 is 5.43 Å². The highest BCUT2D eigenvalue weighted by Crippen LogP contribution is 2.30. The monoisotopic (exact) mass is 286 g/mol. The highest BCUT2D eigenvalue weighted by atomic mass is 16.6. The Labute approximate surface area is 117 Å². The second-order valence-electron chi connectivity index (χ2n) is 4.71. The molecular formula is C14H10N2O5. The van der Waals surface area contributed by atoms with Gasteiger partial charge in [0.2, 0.25) is 5.43 Å². The van der Waals surface area contributed by atoms with Crippen molar-refractivity contribution >= 4 is 27.5 Å². The number of nitro groups is 1. The number of phenols is 2. The number of aromatic nitrogens is 1. The molecule has 2 N–H and O–H groups in total. The van der Waals surface area contributed by atoms with Gasteiger partial charge in [0.25, 0.3) is 5.69 Å². The van der Waals surface area contributed by atoms with E-state index in [0.29, 0.717) is 11.0 Å². The molecule has 0 atom stereocenters. The third kappa shape index (κ3) is 1.78. The summed E-state index contributed by atoms with van der Waals surface area (Å²) in [5, 5.41) is 30.6. The molecule has 0 amide bonds. The van der Waals surface area contributed by atoms with Crippen molar-refractivity contribution in [2.75, 3.05) is 0 Å². The molecule has 0 aliphatic carbocycles. The van der Waals surface area contributed by atoms with Crippen LogP contribution in [0.5, 0.6) is 11.5 Å². The van der Waals surface area contributed by atoms with E-state index in [2.05, 4.69) is 0 Å². The second kappa shape index (κ2) is 4.20. The lowest BCUT2D eigenvalue weighted by atomic mass is 10.1. The van der Waals surface area contributed by atoms with Crippen LogP contribution in [0, 0.1) is 10.1 Å². The Balaban J connectivity index is 2.59. The zero-order valence-corrected chi connectivity index (χ0v) is 10.9. The number of hydrogen-bond acceptors (Lipinski definition) is 5. The predicted octanol–water partition coefficient (Wildman–Crippen LogP) is 2.01. The summed E-state index contributed by atoms with van der Waals surface area (Å²) in [7, 11) is 1.60. The number of nitro benzene ring substituents is 1. The van der Waals surface area contributed by atoms with E-state index in [9.17, 15) is 25.1 Å². The van der Waals surface area contributed by atoms with Crippen molar-refractivity contribution in [2.24, 2.45) is 7.05 Å². The van der Waals surface area contributed by atoms with Gasteiger partial charge >= 0.3 is 0 Å². The molecule has 0 fully saturated rings. The van der Waals surface area contributed by atoms with Crippen LogP contribution >= 0.6 is 0 Å². The number of nitrogens with zero attached hydrogens (tertiary/aromatic N) is 2. The van der Waals surface area contributed by atoms with Crippen molar-refractivity contribution in [3.63, 3.8) is 0 Å².